The number of aryl methyl sites for hydroxylation is 1. The summed E-state index contributed by atoms with van der Waals surface area (Å²) in [6.45, 7) is 4.53. The van der Waals surface area contributed by atoms with Crippen molar-refractivity contribution in [2.45, 2.75) is 26.1 Å². The molecule has 0 aliphatic carbocycles. The van der Waals surface area contributed by atoms with Crippen molar-refractivity contribution in [3.8, 4) is 0 Å². The highest BCUT2D eigenvalue weighted by Crippen LogP contribution is 2.13. The van der Waals surface area contributed by atoms with Crippen LogP contribution in [0.25, 0.3) is 0 Å². The lowest BCUT2D eigenvalue weighted by Gasteiger charge is -2.22. The summed E-state index contributed by atoms with van der Waals surface area (Å²) in [6.07, 6.45) is 1.70. The number of nitrogens with zero attached hydrogens (tertiary/aromatic N) is 3. The minimum Gasteiger partial charge on any atom is -0.368 e. The molecule has 74 valence electrons. The third-order valence-electron chi connectivity index (χ3n) is 1.80. The highest BCUT2D eigenvalue weighted by molar-refractivity contribution is 7.80. The van der Waals surface area contributed by atoms with E-state index in [1.54, 1.807) is 10.9 Å². The Morgan fingerprint density at radius 2 is 2.31 bits per heavy atom. The van der Waals surface area contributed by atoms with Gasteiger partial charge < -0.3 is 4.74 Å². The number of hydrogen-bond acceptors (Lipinski definition) is 4. The molecule has 0 aliphatic heterocycles. The van der Waals surface area contributed by atoms with E-state index in [0.29, 0.717) is 12.4 Å². The van der Waals surface area contributed by atoms with E-state index in [4.69, 9.17) is 4.74 Å². The normalized spacial score (nSPS) is 12.0. The largest absolute Gasteiger partial charge is 0.368 e. The van der Waals surface area contributed by atoms with E-state index in [2.05, 4.69) is 22.9 Å². The molecule has 0 unspecified atom stereocenters. The highest BCUT2D eigenvalue weighted by Gasteiger charge is 2.16. The molecule has 0 atom stereocenters. The van der Waals surface area contributed by atoms with E-state index in [1.165, 1.54) is 0 Å². The summed E-state index contributed by atoms with van der Waals surface area (Å²) in [7, 11) is 1.85. The first kappa shape index (κ1) is 10.5. The number of ether oxygens (including phenoxy) is 1. The average Bonchev–Trinajstić information content (AvgIpc) is 2.48. The first-order valence-electron chi connectivity index (χ1n) is 4.13. The van der Waals surface area contributed by atoms with Crippen molar-refractivity contribution < 1.29 is 4.74 Å². The summed E-state index contributed by atoms with van der Waals surface area (Å²) in [5.41, 5.74) is 0.766. The number of rotatable bonds is 4. The van der Waals surface area contributed by atoms with Crippen LogP contribution in [0.3, 0.4) is 0 Å². The summed E-state index contributed by atoms with van der Waals surface area (Å²) >= 11 is 4.20. The SMILES string of the molecule is Cn1nncc1COC(C)(C)CS. The van der Waals surface area contributed by atoms with Gasteiger partial charge in [-0.05, 0) is 13.8 Å². The second-order valence-corrected chi connectivity index (χ2v) is 3.87. The van der Waals surface area contributed by atoms with Gasteiger partial charge in [0.2, 0.25) is 0 Å². The molecule has 1 heterocycles. The van der Waals surface area contributed by atoms with Gasteiger partial charge >= 0.3 is 0 Å². The predicted molar refractivity (Wildman–Crippen MR) is 53.7 cm³/mol. The van der Waals surface area contributed by atoms with Gasteiger partial charge in [0.15, 0.2) is 0 Å². The Bertz CT molecular complexity index is 272. The maximum atomic E-state index is 5.63. The standard InChI is InChI=1S/C8H15N3OS/c1-8(2,6-13)12-5-7-4-9-10-11(7)3/h4,13H,5-6H2,1-3H3. The Balaban J connectivity index is 2.48. The molecule has 0 radical (unpaired) electrons. The molecule has 4 nitrogen and oxygen atoms in total. The molecule has 1 rings (SSSR count). The van der Waals surface area contributed by atoms with Crippen LogP contribution >= 0.6 is 12.6 Å². The van der Waals surface area contributed by atoms with Crippen LogP contribution in [0.5, 0.6) is 0 Å². The molecular formula is C8H15N3OS. The molecule has 1 aromatic rings. The van der Waals surface area contributed by atoms with E-state index in [0.717, 1.165) is 5.69 Å². The third kappa shape index (κ3) is 3.00. The van der Waals surface area contributed by atoms with E-state index < -0.39 is 0 Å². The summed E-state index contributed by atoms with van der Waals surface area (Å²) in [6, 6.07) is 0. The van der Waals surface area contributed by atoms with Crippen LogP contribution in [0, 0.1) is 0 Å². The van der Waals surface area contributed by atoms with Crippen LogP contribution in [-0.4, -0.2) is 26.3 Å². The molecular weight excluding hydrogens is 186 g/mol. The van der Waals surface area contributed by atoms with Crippen molar-refractivity contribution in [3.05, 3.63) is 11.9 Å². The zero-order valence-corrected chi connectivity index (χ0v) is 9.08. The molecule has 0 aliphatic rings. The lowest BCUT2D eigenvalue weighted by molar-refractivity contribution is -0.0138. The second-order valence-electron chi connectivity index (χ2n) is 3.56. The monoisotopic (exact) mass is 201 g/mol. The maximum absolute atomic E-state index is 5.63. The molecule has 0 fully saturated rings. The van der Waals surface area contributed by atoms with Crippen LogP contribution in [0.4, 0.5) is 0 Å². The zero-order valence-electron chi connectivity index (χ0n) is 8.19. The number of hydrogen-bond donors (Lipinski definition) is 1. The van der Waals surface area contributed by atoms with Crippen LogP contribution < -0.4 is 0 Å². The van der Waals surface area contributed by atoms with Crippen molar-refractivity contribution in [2.75, 3.05) is 5.75 Å². The first-order chi connectivity index (χ1) is 6.05. The van der Waals surface area contributed by atoms with Crippen LogP contribution in [0.1, 0.15) is 19.5 Å². The van der Waals surface area contributed by atoms with E-state index in [9.17, 15) is 0 Å². The van der Waals surface area contributed by atoms with Gasteiger partial charge in [-0.2, -0.15) is 12.6 Å². The molecule has 0 bridgehead atoms. The van der Waals surface area contributed by atoms with Crippen LogP contribution in [-0.2, 0) is 18.4 Å². The maximum Gasteiger partial charge on any atom is 0.0908 e. The van der Waals surface area contributed by atoms with Crippen LogP contribution in [0.2, 0.25) is 0 Å². The van der Waals surface area contributed by atoms with Gasteiger partial charge in [-0.1, -0.05) is 5.21 Å². The topological polar surface area (TPSA) is 39.9 Å². The van der Waals surface area contributed by atoms with Crippen LogP contribution in [0.15, 0.2) is 6.20 Å². The average molecular weight is 201 g/mol. The lowest BCUT2D eigenvalue weighted by atomic mass is 10.2. The fraction of sp³-hybridized carbons (Fsp3) is 0.750. The third-order valence-corrected chi connectivity index (χ3v) is 2.56. The minimum atomic E-state index is -0.201. The Hall–Kier alpha value is -0.550. The second kappa shape index (κ2) is 4.11. The molecule has 0 amide bonds. The van der Waals surface area contributed by atoms with E-state index in [-0.39, 0.29) is 5.60 Å². The Kier molecular flexibility index (Phi) is 3.33. The summed E-state index contributed by atoms with van der Waals surface area (Å²) in [5.74, 6) is 0.693. The van der Waals surface area contributed by atoms with E-state index in [1.807, 2.05) is 20.9 Å². The predicted octanol–water partition coefficient (Wildman–Crippen LogP) is 1.04. The fourth-order valence-corrected chi connectivity index (χ4v) is 0.848. The van der Waals surface area contributed by atoms with E-state index >= 15 is 0 Å². The lowest BCUT2D eigenvalue weighted by Crippen LogP contribution is -2.26. The van der Waals surface area contributed by atoms with Crippen molar-refractivity contribution in [1.29, 1.82) is 0 Å². The molecule has 13 heavy (non-hydrogen) atoms. The molecule has 0 saturated carbocycles. The van der Waals surface area contributed by atoms with Crippen molar-refractivity contribution >= 4 is 12.6 Å². The molecule has 0 spiro atoms. The summed E-state index contributed by atoms with van der Waals surface area (Å²) < 4.78 is 7.33. The summed E-state index contributed by atoms with van der Waals surface area (Å²) in [4.78, 5) is 0. The minimum absolute atomic E-state index is 0.201. The smallest absolute Gasteiger partial charge is 0.0908 e. The highest BCUT2D eigenvalue weighted by atomic mass is 32.1. The molecule has 0 saturated heterocycles. The molecule has 0 N–H and O–H groups in total. The van der Waals surface area contributed by atoms with Gasteiger partial charge in [-0.15, -0.1) is 5.10 Å². The van der Waals surface area contributed by atoms with Gasteiger partial charge in [0.25, 0.3) is 0 Å². The van der Waals surface area contributed by atoms with Crippen molar-refractivity contribution in [2.24, 2.45) is 7.05 Å². The Morgan fingerprint density at radius 1 is 1.62 bits per heavy atom. The molecule has 1 aromatic heterocycles. The summed E-state index contributed by atoms with van der Waals surface area (Å²) in [5, 5.41) is 7.57. The molecule has 5 heteroatoms. The quantitative estimate of drug-likeness (QED) is 0.740. The van der Waals surface area contributed by atoms with Gasteiger partial charge in [0.1, 0.15) is 0 Å². The van der Waals surface area contributed by atoms with Crippen molar-refractivity contribution in [1.82, 2.24) is 15.0 Å². The molecule has 0 aromatic carbocycles. The van der Waals surface area contributed by atoms with Gasteiger partial charge in [0.05, 0.1) is 24.1 Å². The first-order valence-corrected chi connectivity index (χ1v) is 4.77. The number of thiol groups is 1. The van der Waals surface area contributed by atoms with Gasteiger partial charge in [-0.25, -0.2) is 0 Å². The number of aromatic nitrogens is 3. The zero-order chi connectivity index (χ0) is 9.90. The van der Waals surface area contributed by atoms with Gasteiger partial charge in [-0.3, -0.25) is 4.68 Å². The van der Waals surface area contributed by atoms with Gasteiger partial charge in [0, 0.05) is 12.8 Å². The Labute approximate surface area is 83.7 Å². The fourth-order valence-electron chi connectivity index (χ4n) is 0.757. The van der Waals surface area contributed by atoms with Crippen molar-refractivity contribution in [3.63, 3.8) is 0 Å². The Morgan fingerprint density at radius 3 is 2.77 bits per heavy atom.